The molecule has 0 amide bonds. The van der Waals surface area contributed by atoms with Crippen molar-refractivity contribution in [3.05, 3.63) is 0 Å². The standard InChI is InChI=1S/C12H25N3O/c1-4-13-9-7-10(14-5-2)12(16)11(8-9)15-6-3/h9-11,13-15H,4-8H2,1-3H3/t9?,10-,11+. The van der Waals surface area contributed by atoms with Crippen molar-refractivity contribution >= 4 is 5.78 Å². The molecule has 4 heteroatoms. The zero-order valence-corrected chi connectivity index (χ0v) is 10.7. The average molecular weight is 227 g/mol. The Morgan fingerprint density at radius 3 is 1.75 bits per heavy atom. The van der Waals surface area contributed by atoms with Crippen LogP contribution in [0.3, 0.4) is 0 Å². The maximum Gasteiger partial charge on any atom is 0.166 e. The maximum atomic E-state index is 12.1. The SMILES string of the molecule is CCNC1C[C@H](NCC)C(=O)[C@H](NCC)C1. The predicted molar refractivity (Wildman–Crippen MR) is 66.6 cm³/mol. The maximum absolute atomic E-state index is 12.1. The number of carbonyl (C=O) groups excluding carboxylic acids is 1. The van der Waals surface area contributed by atoms with Crippen LogP contribution in [0.15, 0.2) is 0 Å². The van der Waals surface area contributed by atoms with E-state index in [4.69, 9.17) is 0 Å². The van der Waals surface area contributed by atoms with Gasteiger partial charge in [0.25, 0.3) is 0 Å². The topological polar surface area (TPSA) is 53.2 Å². The van der Waals surface area contributed by atoms with E-state index in [0.717, 1.165) is 32.5 Å². The molecule has 1 aliphatic rings. The lowest BCUT2D eigenvalue weighted by atomic mass is 9.85. The Morgan fingerprint density at radius 1 is 0.938 bits per heavy atom. The fraction of sp³-hybridized carbons (Fsp3) is 0.917. The molecular weight excluding hydrogens is 202 g/mol. The summed E-state index contributed by atoms with van der Waals surface area (Å²) in [7, 11) is 0. The van der Waals surface area contributed by atoms with E-state index in [1.165, 1.54) is 0 Å². The van der Waals surface area contributed by atoms with Gasteiger partial charge in [0.2, 0.25) is 0 Å². The van der Waals surface area contributed by atoms with Crippen molar-refractivity contribution in [2.45, 2.75) is 51.7 Å². The van der Waals surface area contributed by atoms with Gasteiger partial charge in [-0.1, -0.05) is 20.8 Å². The van der Waals surface area contributed by atoms with Gasteiger partial charge in [-0.05, 0) is 32.5 Å². The minimum absolute atomic E-state index is 0.0202. The molecule has 1 fully saturated rings. The van der Waals surface area contributed by atoms with Crippen LogP contribution in [0.4, 0.5) is 0 Å². The molecule has 1 unspecified atom stereocenters. The molecule has 0 aromatic carbocycles. The largest absolute Gasteiger partial charge is 0.314 e. The molecule has 3 atom stereocenters. The van der Waals surface area contributed by atoms with Crippen molar-refractivity contribution in [2.75, 3.05) is 19.6 Å². The summed E-state index contributed by atoms with van der Waals surface area (Å²) in [5, 5.41) is 10.0. The average Bonchev–Trinajstić information content (AvgIpc) is 2.26. The number of Topliss-reactive ketones (excluding diaryl/α,β-unsaturated/α-hetero) is 1. The number of ketones is 1. The highest BCUT2D eigenvalue weighted by Crippen LogP contribution is 2.16. The predicted octanol–water partition coefficient (Wildman–Crippen LogP) is 0.284. The third-order valence-corrected chi connectivity index (χ3v) is 3.12. The highest BCUT2D eigenvalue weighted by Gasteiger charge is 2.34. The number of hydrogen-bond donors (Lipinski definition) is 3. The van der Waals surface area contributed by atoms with Gasteiger partial charge >= 0.3 is 0 Å². The summed E-state index contributed by atoms with van der Waals surface area (Å²) < 4.78 is 0. The van der Waals surface area contributed by atoms with Gasteiger partial charge in [-0.25, -0.2) is 0 Å². The Hall–Kier alpha value is -0.450. The minimum Gasteiger partial charge on any atom is -0.314 e. The summed E-state index contributed by atoms with van der Waals surface area (Å²) in [5.74, 6) is 0.331. The van der Waals surface area contributed by atoms with Gasteiger partial charge in [0.1, 0.15) is 0 Å². The summed E-state index contributed by atoms with van der Waals surface area (Å²) in [6, 6.07) is 0.495. The summed E-state index contributed by atoms with van der Waals surface area (Å²) in [5.41, 5.74) is 0. The molecule has 0 saturated heterocycles. The third-order valence-electron chi connectivity index (χ3n) is 3.12. The number of hydrogen-bond acceptors (Lipinski definition) is 4. The fourth-order valence-corrected chi connectivity index (χ4v) is 2.46. The Bertz CT molecular complexity index is 202. The zero-order chi connectivity index (χ0) is 12.0. The van der Waals surface area contributed by atoms with Crippen LogP contribution in [0.25, 0.3) is 0 Å². The summed E-state index contributed by atoms with van der Waals surface area (Å²) in [6.07, 6.45) is 1.84. The molecule has 1 rings (SSSR count). The third kappa shape index (κ3) is 3.54. The van der Waals surface area contributed by atoms with Crippen molar-refractivity contribution in [3.8, 4) is 0 Å². The van der Waals surface area contributed by atoms with Crippen LogP contribution in [-0.2, 0) is 4.79 Å². The van der Waals surface area contributed by atoms with E-state index >= 15 is 0 Å². The van der Waals surface area contributed by atoms with Gasteiger partial charge in [-0.3, -0.25) is 4.79 Å². The van der Waals surface area contributed by atoms with E-state index in [1.807, 2.05) is 13.8 Å². The van der Waals surface area contributed by atoms with Crippen molar-refractivity contribution < 1.29 is 4.79 Å². The van der Waals surface area contributed by atoms with Crippen LogP contribution in [0.1, 0.15) is 33.6 Å². The first-order chi connectivity index (χ1) is 7.72. The van der Waals surface area contributed by atoms with Crippen LogP contribution >= 0.6 is 0 Å². The molecule has 94 valence electrons. The van der Waals surface area contributed by atoms with Gasteiger partial charge < -0.3 is 16.0 Å². The lowest BCUT2D eigenvalue weighted by Gasteiger charge is -2.34. The Kier molecular flexibility index (Phi) is 5.95. The quantitative estimate of drug-likeness (QED) is 0.610. The molecule has 16 heavy (non-hydrogen) atoms. The van der Waals surface area contributed by atoms with E-state index in [0.29, 0.717) is 11.8 Å². The van der Waals surface area contributed by atoms with Gasteiger partial charge in [-0.15, -0.1) is 0 Å². The van der Waals surface area contributed by atoms with Crippen molar-refractivity contribution in [3.63, 3.8) is 0 Å². The molecule has 0 radical (unpaired) electrons. The van der Waals surface area contributed by atoms with E-state index in [-0.39, 0.29) is 12.1 Å². The number of carbonyl (C=O) groups is 1. The molecule has 0 aromatic heterocycles. The molecule has 1 saturated carbocycles. The van der Waals surface area contributed by atoms with Crippen molar-refractivity contribution in [2.24, 2.45) is 0 Å². The molecule has 0 spiro atoms. The second-order valence-electron chi connectivity index (χ2n) is 4.35. The van der Waals surface area contributed by atoms with Crippen LogP contribution in [-0.4, -0.2) is 43.5 Å². The summed E-state index contributed by atoms with van der Waals surface area (Å²) in [6.45, 7) is 8.89. The fourth-order valence-electron chi connectivity index (χ4n) is 2.46. The second-order valence-corrected chi connectivity index (χ2v) is 4.35. The van der Waals surface area contributed by atoms with Crippen molar-refractivity contribution in [1.82, 2.24) is 16.0 Å². The van der Waals surface area contributed by atoms with Gasteiger partial charge in [0.15, 0.2) is 5.78 Å². The zero-order valence-electron chi connectivity index (χ0n) is 10.7. The van der Waals surface area contributed by atoms with E-state index < -0.39 is 0 Å². The highest BCUT2D eigenvalue weighted by molar-refractivity contribution is 5.90. The van der Waals surface area contributed by atoms with Gasteiger partial charge in [0.05, 0.1) is 12.1 Å². The highest BCUT2D eigenvalue weighted by atomic mass is 16.1. The second kappa shape index (κ2) is 6.99. The monoisotopic (exact) mass is 227 g/mol. The first-order valence-corrected chi connectivity index (χ1v) is 6.46. The first kappa shape index (κ1) is 13.6. The summed E-state index contributed by atoms with van der Waals surface area (Å²) >= 11 is 0. The van der Waals surface area contributed by atoms with Gasteiger partial charge in [0, 0.05) is 6.04 Å². The van der Waals surface area contributed by atoms with Crippen LogP contribution < -0.4 is 16.0 Å². The molecule has 1 aliphatic carbocycles. The molecule has 4 nitrogen and oxygen atoms in total. The molecule has 3 N–H and O–H groups in total. The Labute approximate surface area is 98.6 Å². The summed E-state index contributed by atoms with van der Waals surface area (Å²) in [4.78, 5) is 12.1. The first-order valence-electron chi connectivity index (χ1n) is 6.46. The van der Waals surface area contributed by atoms with Gasteiger partial charge in [-0.2, -0.15) is 0 Å². The van der Waals surface area contributed by atoms with Crippen LogP contribution in [0.2, 0.25) is 0 Å². The van der Waals surface area contributed by atoms with E-state index in [2.05, 4.69) is 22.9 Å². The lowest BCUT2D eigenvalue weighted by molar-refractivity contribution is -0.125. The smallest absolute Gasteiger partial charge is 0.166 e. The molecule has 0 heterocycles. The Balaban J connectivity index is 2.59. The molecule has 0 bridgehead atoms. The van der Waals surface area contributed by atoms with E-state index in [1.54, 1.807) is 0 Å². The Morgan fingerprint density at radius 2 is 1.38 bits per heavy atom. The van der Waals surface area contributed by atoms with Crippen LogP contribution in [0, 0.1) is 0 Å². The number of rotatable bonds is 6. The molecule has 0 aromatic rings. The normalized spacial score (nSPS) is 30.7. The minimum atomic E-state index is 0.0202. The van der Waals surface area contributed by atoms with Crippen LogP contribution in [0.5, 0.6) is 0 Å². The molecular formula is C12H25N3O. The number of nitrogens with one attached hydrogen (secondary N) is 3. The van der Waals surface area contributed by atoms with E-state index in [9.17, 15) is 4.79 Å². The van der Waals surface area contributed by atoms with Crippen molar-refractivity contribution in [1.29, 1.82) is 0 Å². The molecule has 0 aliphatic heterocycles. The lowest BCUT2D eigenvalue weighted by Crippen LogP contribution is -2.57. The number of likely N-dealkylation sites (N-methyl/N-ethyl adjacent to an activating group) is 2.